The van der Waals surface area contributed by atoms with Crippen LogP contribution in [0.5, 0.6) is 0 Å². The van der Waals surface area contributed by atoms with Crippen molar-refractivity contribution in [1.29, 1.82) is 0 Å². The van der Waals surface area contributed by atoms with Crippen LogP contribution in [-0.2, 0) is 6.54 Å². The van der Waals surface area contributed by atoms with Crippen LogP contribution in [0, 0.1) is 6.92 Å². The highest BCUT2D eigenvalue weighted by Crippen LogP contribution is 2.22. The number of carbonyl (C=O) groups excluding carboxylic acids is 1. The van der Waals surface area contributed by atoms with Gasteiger partial charge in [-0.2, -0.15) is 0 Å². The van der Waals surface area contributed by atoms with Crippen LogP contribution in [0.25, 0.3) is 11.4 Å². The van der Waals surface area contributed by atoms with Crippen LogP contribution in [0.3, 0.4) is 0 Å². The van der Waals surface area contributed by atoms with Crippen molar-refractivity contribution in [2.75, 3.05) is 5.32 Å². The third-order valence-electron chi connectivity index (χ3n) is 5.65. The molecule has 1 saturated carbocycles. The van der Waals surface area contributed by atoms with Crippen molar-refractivity contribution < 1.29 is 9.90 Å². The van der Waals surface area contributed by atoms with Gasteiger partial charge in [-0.05, 0) is 55.2 Å². The molecule has 3 N–H and O–H groups in total. The number of nitrogens with zero attached hydrogens (tertiary/aromatic N) is 3. The SMILES string of the molecule is Cc1ccc(C(=O)N[C@H]2CCCC[C@@H]2O)cc1NCc1cncc(-c2ncccn2)c1. The minimum absolute atomic E-state index is 0.154. The Hall–Kier alpha value is -3.32. The molecule has 0 unspecified atom stereocenters. The molecule has 160 valence electrons. The molecule has 0 spiro atoms. The van der Waals surface area contributed by atoms with Crippen LogP contribution in [0.2, 0.25) is 0 Å². The second-order valence-corrected chi connectivity index (χ2v) is 7.97. The molecular formula is C24H27N5O2. The molecule has 2 aromatic heterocycles. The lowest BCUT2D eigenvalue weighted by molar-refractivity contribution is 0.0717. The minimum Gasteiger partial charge on any atom is -0.391 e. The number of aryl methyl sites for hydroxylation is 1. The average molecular weight is 418 g/mol. The van der Waals surface area contributed by atoms with Crippen molar-refractivity contribution in [3.05, 3.63) is 71.8 Å². The number of carbonyl (C=O) groups is 1. The van der Waals surface area contributed by atoms with Gasteiger partial charge >= 0.3 is 0 Å². The van der Waals surface area contributed by atoms with Crippen LogP contribution in [0.15, 0.2) is 55.1 Å². The summed E-state index contributed by atoms with van der Waals surface area (Å²) < 4.78 is 0. The normalized spacial score (nSPS) is 18.4. The van der Waals surface area contributed by atoms with E-state index in [4.69, 9.17) is 0 Å². The number of aliphatic hydroxyl groups excluding tert-OH is 1. The van der Waals surface area contributed by atoms with Gasteiger partial charge in [-0.3, -0.25) is 9.78 Å². The van der Waals surface area contributed by atoms with E-state index in [0.717, 1.165) is 48.1 Å². The molecular weight excluding hydrogens is 390 g/mol. The Morgan fingerprint density at radius 2 is 1.94 bits per heavy atom. The van der Waals surface area contributed by atoms with Crippen LogP contribution in [0.1, 0.15) is 47.2 Å². The highest BCUT2D eigenvalue weighted by atomic mass is 16.3. The topological polar surface area (TPSA) is 100 Å². The van der Waals surface area contributed by atoms with Crippen LogP contribution >= 0.6 is 0 Å². The monoisotopic (exact) mass is 417 g/mol. The lowest BCUT2D eigenvalue weighted by Gasteiger charge is -2.28. The van der Waals surface area contributed by atoms with E-state index in [0.29, 0.717) is 17.9 Å². The van der Waals surface area contributed by atoms with Gasteiger partial charge in [-0.25, -0.2) is 9.97 Å². The van der Waals surface area contributed by atoms with Crippen molar-refractivity contribution in [1.82, 2.24) is 20.3 Å². The number of pyridine rings is 1. The quantitative estimate of drug-likeness (QED) is 0.568. The number of anilines is 1. The van der Waals surface area contributed by atoms with Gasteiger partial charge in [0.2, 0.25) is 0 Å². The Bertz CT molecular complexity index is 1040. The van der Waals surface area contributed by atoms with Crippen LogP contribution in [0.4, 0.5) is 5.69 Å². The summed E-state index contributed by atoms with van der Waals surface area (Å²) in [5, 5.41) is 16.5. The van der Waals surface area contributed by atoms with Gasteiger partial charge in [0.1, 0.15) is 0 Å². The number of hydrogen-bond donors (Lipinski definition) is 3. The summed E-state index contributed by atoms with van der Waals surface area (Å²) in [6.07, 6.45) is 10.1. The first-order valence-electron chi connectivity index (χ1n) is 10.6. The molecule has 4 rings (SSSR count). The molecule has 31 heavy (non-hydrogen) atoms. The molecule has 7 heteroatoms. The third-order valence-corrected chi connectivity index (χ3v) is 5.65. The molecule has 1 aliphatic rings. The second kappa shape index (κ2) is 9.66. The molecule has 7 nitrogen and oxygen atoms in total. The highest BCUT2D eigenvalue weighted by Gasteiger charge is 2.25. The number of nitrogens with one attached hydrogen (secondary N) is 2. The fraction of sp³-hybridized carbons (Fsp3) is 0.333. The maximum Gasteiger partial charge on any atom is 0.251 e. The van der Waals surface area contributed by atoms with Crippen molar-refractivity contribution in [3.63, 3.8) is 0 Å². The zero-order valence-corrected chi connectivity index (χ0v) is 17.6. The molecule has 0 radical (unpaired) electrons. The van der Waals surface area contributed by atoms with Crippen molar-refractivity contribution >= 4 is 11.6 Å². The Kier molecular flexibility index (Phi) is 6.52. The first-order chi connectivity index (χ1) is 15.1. The van der Waals surface area contributed by atoms with E-state index in [-0.39, 0.29) is 11.9 Å². The summed E-state index contributed by atoms with van der Waals surface area (Å²) in [4.78, 5) is 25.6. The number of hydrogen-bond acceptors (Lipinski definition) is 6. The minimum atomic E-state index is -0.464. The van der Waals surface area contributed by atoms with E-state index in [2.05, 4.69) is 25.6 Å². The molecule has 1 aromatic carbocycles. The summed E-state index contributed by atoms with van der Waals surface area (Å²) in [5.41, 5.74) is 4.36. The maximum atomic E-state index is 12.7. The van der Waals surface area contributed by atoms with Crippen molar-refractivity contribution in [2.45, 2.75) is 51.3 Å². The van der Waals surface area contributed by atoms with E-state index < -0.39 is 6.10 Å². The van der Waals surface area contributed by atoms with Gasteiger partial charge in [-0.1, -0.05) is 18.9 Å². The largest absolute Gasteiger partial charge is 0.391 e. The van der Waals surface area contributed by atoms with E-state index in [1.807, 2.05) is 31.2 Å². The number of aromatic nitrogens is 3. The lowest BCUT2D eigenvalue weighted by Crippen LogP contribution is -2.45. The Morgan fingerprint density at radius 1 is 1.13 bits per heavy atom. The lowest BCUT2D eigenvalue weighted by atomic mass is 9.92. The van der Waals surface area contributed by atoms with E-state index in [9.17, 15) is 9.90 Å². The Labute approximate surface area is 182 Å². The molecule has 3 aromatic rings. The van der Waals surface area contributed by atoms with Gasteiger partial charge in [0.15, 0.2) is 5.82 Å². The predicted molar refractivity (Wildman–Crippen MR) is 119 cm³/mol. The molecule has 0 saturated heterocycles. The van der Waals surface area contributed by atoms with Gasteiger partial charge < -0.3 is 15.7 Å². The van der Waals surface area contributed by atoms with Crippen LogP contribution in [-0.4, -0.2) is 38.1 Å². The summed E-state index contributed by atoms with van der Waals surface area (Å²) in [5.74, 6) is 0.482. The van der Waals surface area contributed by atoms with Gasteiger partial charge in [0.25, 0.3) is 5.91 Å². The zero-order chi connectivity index (χ0) is 21.6. The molecule has 1 amide bonds. The van der Waals surface area contributed by atoms with Crippen LogP contribution < -0.4 is 10.6 Å². The molecule has 2 atom stereocenters. The average Bonchev–Trinajstić information content (AvgIpc) is 2.81. The van der Waals surface area contributed by atoms with E-state index in [1.165, 1.54) is 0 Å². The summed E-state index contributed by atoms with van der Waals surface area (Å²) in [6.45, 7) is 2.56. The first-order valence-corrected chi connectivity index (χ1v) is 10.6. The van der Waals surface area contributed by atoms with Gasteiger partial charge in [0.05, 0.1) is 12.1 Å². The number of aliphatic hydroxyl groups is 1. The fourth-order valence-electron chi connectivity index (χ4n) is 3.84. The zero-order valence-electron chi connectivity index (χ0n) is 17.6. The summed E-state index contributed by atoms with van der Waals surface area (Å²) in [6, 6.07) is 9.22. The fourth-order valence-corrected chi connectivity index (χ4v) is 3.84. The standard InChI is InChI=1S/C24H27N5O2/c1-16-7-8-18(24(31)29-20-5-2-3-6-22(20)30)12-21(16)28-14-17-11-19(15-25-13-17)23-26-9-4-10-27-23/h4,7-13,15,20,22,28,30H,2-3,5-6,14H2,1H3,(H,29,31)/t20-,22-/m0/s1. The predicted octanol–water partition coefficient (Wildman–Crippen LogP) is 3.49. The molecule has 1 fully saturated rings. The number of rotatable bonds is 6. The summed E-state index contributed by atoms with van der Waals surface area (Å²) >= 11 is 0. The molecule has 1 aliphatic carbocycles. The molecule has 0 bridgehead atoms. The molecule has 0 aliphatic heterocycles. The molecule has 2 heterocycles. The smallest absolute Gasteiger partial charge is 0.251 e. The van der Waals surface area contributed by atoms with Gasteiger partial charge in [0, 0.05) is 48.1 Å². The van der Waals surface area contributed by atoms with E-state index in [1.54, 1.807) is 30.9 Å². The van der Waals surface area contributed by atoms with Gasteiger partial charge in [-0.15, -0.1) is 0 Å². The first kappa shape index (κ1) is 20.9. The third kappa shape index (κ3) is 5.24. The highest BCUT2D eigenvalue weighted by molar-refractivity contribution is 5.95. The van der Waals surface area contributed by atoms with E-state index >= 15 is 0 Å². The second-order valence-electron chi connectivity index (χ2n) is 7.97. The Balaban J connectivity index is 1.44. The maximum absolute atomic E-state index is 12.7. The van der Waals surface area contributed by atoms with Crippen molar-refractivity contribution in [3.8, 4) is 11.4 Å². The summed E-state index contributed by atoms with van der Waals surface area (Å²) in [7, 11) is 0. The Morgan fingerprint density at radius 3 is 2.74 bits per heavy atom. The number of amides is 1. The van der Waals surface area contributed by atoms with Crippen molar-refractivity contribution in [2.24, 2.45) is 0 Å². The number of benzene rings is 1.